The molecule has 0 saturated carbocycles. The number of aromatic nitrogens is 4. The monoisotopic (exact) mass is 916 g/mol. The highest BCUT2D eigenvalue weighted by Crippen LogP contribution is 2.61. The molecule has 25 heteroatoms. The van der Waals surface area contributed by atoms with Crippen molar-refractivity contribution < 1.29 is 70.3 Å². The third-order valence-corrected chi connectivity index (χ3v) is 12.6. The number of nitrogens with one attached hydrogen (secondary N) is 2. The van der Waals surface area contributed by atoms with E-state index in [4.69, 9.17) is 60.8 Å². The maximum atomic E-state index is 13.1. The van der Waals surface area contributed by atoms with Crippen molar-refractivity contribution >= 4 is 50.2 Å². The van der Waals surface area contributed by atoms with E-state index in [9.17, 15) is 28.5 Å². The fraction of sp³-hybridized carbons (Fsp3) is 0.526. The number of phosphoric ester groups is 2. The third-order valence-electron chi connectivity index (χ3n) is 10.0. The molecule has 10 atom stereocenters. The molecule has 63 heavy (non-hydrogen) atoms. The standard InChI is InChI=1S/C38H46N8O15P2/c1-6-7-12-22(39)16-26(47)42-14-9-13-25-44-33(40)27-35(45-25)46(19-43-27)36-32-30(58-38(4,5)60-32)24(56-36)18-54-63(51,52)61-62(49,50)53-17-23-29-31(59-37(2,3)57-29)28(55-23)20-10-8-11-21(15-20)34(41)48/h1,8,10-11,15,19,23-24,28-32,36,39H,7,12,14,16-18H2,2-5H3,(H2,41,48)(H,42,47)(H,49,50)(H,51,52)(H2,40,44,45)/t23-,24+,28+,29?,30?,31?,32?,36+/m1/s1. The molecule has 4 aliphatic rings. The number of amides is 2. The molecule has 0 radical (unpaired) electrons. The quantitative estimate of drug-likeness (QED) is 0.0681. The average Bonchev–Trinajstić information content (AvgIpc) is 3.99. The summed E-state index contributed by atoms with van der Waals surface area (Å²) < 4.78 is 79.2. The van der Waals surface area contributed by atoms with Crippen molar-refractivity contribution in [3.63, 3.8) is 0 Å². The van der Waals surface area contributed by atoms with Gasteiger partial charge in [0.2, 0.25) is 17.6 Å². The first-order valence-corrected chi connectivity index (χ1v) is 22.5. The first kappa shape index (κ1) is 46.3. The van der Waals surface area contributed by atoms with Crippen LogP contribution in [0.4, 0.5) is 5.82 Å². The Hall–Kier alpha value is -4.68. The molecule has 4 fully saturated rings. The maximum Gasteiger partial charge on any atom is 0.481 e. The van der Waals surface area contributed by atoms with Crippen LogP contribution in [0.25, 0.3) is 11.2 Å². The number of carbonyl (C=O) groups excluding carboxylic acids is 2. The Balaban J connectivity index is 0.986. The summed E-state index contributed by atoms with van der Waals surface area (Å²) in [4.78, 5) is 58.2. The fourth-order valence-electron chi connectivity index (χ4n) is 7.50. The SMILES string of the molecule is C#CCCC(=N)CC(=O)NCC#Cc1nc(N)c2ncn([C@H]3O[C@@H](COP(=O)(O)OP(=O)(O)OC[C@H]4O[C@@H](c5cccc(C(N)=O)c5)C5OC(C)(C)OC54)C4OC(C)(C)OC43)c2n1. The van der Waals surface area contributed by atoms with Gasteiger partial charge in [-0.25, -0.2) is 24.1 Å². The second kappa shape index (κ2) is 18.1. The minimum atomic E-state index is -5.35. The minimum absolute atomic E-state index is 0.00723. The summed E-state index contributed by atoms with van der Waals surface area (Å²) in [5.74, 6) is 4.61. The van der Waals surface area contributed by atoms with Crippen LogP contribution in [0.1, 0.15) is 81.0 Å². The van der Waals surface area contributed by atoms with Crippen molar-refractivity contribution in [1.29, 1.82) is 5.41 Å². The summed E-state index contributed by atoms with van der Waals surface area (Å²) in [6.07, 6.45) is -0.117. The van der Waals surface area contributed by atoms with Crippen LogP contribution in [0, 0.1) is 29.6 Å². The fourth-order valence-corrected chi connectivity index (χ4v) is 9.59. The Morgan fingerprint density at radius 3 is 2.29 bits per heavy atom. The number of terminal acetylenes is 1. The van der Waals surface area contributed by atoms with Gasteiger partial charge >= 0.3 is 15.6 Å². The summed E-state index contributed by atoms with van der Waals surface area (Å²) in [5.41, 5.74) is 13.0. The number of benzene rings is 1. The summed E-state index contributed by atoms with van der Waals surface area (Å²) in [6.45, 7) is 5.25. The predicted octanol–water partition coefficient (Wildman–Crippen LogP) is 2.13. The molecule has 2 amide bonds. The zero-order chi connectivity index (χ0) is 45.5. The number of primary amides is 1. The van der Waals surface area contributed by atoms with Gasteiger partial charge in [-0.3, -0.25) is 23.2 Å². The van der Waals surface area contributed by atoms with E-state index in [0.717, 1.165) is 0 Å². The van der Waals surface area contributed by atoms with Gasteiger partial charge < -0.3 is 60.4 Å². The first-order chi connectivity index (χ1) is 29.6. The number of nitrogens with zero attached hydrogens (tertiary/aromatic N) is 4. The molecule has 8 N–H and O–H groups in total. The number of imidazole rings is 1. The van der Waals surface area contributed by atoms with Crippen LogP contribution in [-0.4, -0.2) is 115 Å². The van der Waals surface area contributed by atoms with Crippen LogP contribution in [0.5, 0.6) is 0 Å². The maximum absolute atomic E-state index is 13.1. The lowest BCUT2D eigenvalue weighted by Crippen LogP contribution is -2.33. The number of carbonyl (C=O) groups is 2. The minimum Gasteiger partial charge on any atom is -0.382 e. The summed E-state index contributed by atoms with van der Waals surface area (Å²) in [6, 6.07) is 6.37. The number of hydrogen-bond donors (Lipinski definition) is 6. The number of anilines is 1. The van der Waals surface area contributed by atoms with E-state index in [1.54, 1.807) is 39.8 Å². The number of hydrogen-bond acceptors (Lipinski definition) is 18. The number of nitrogen functional groups attached to an aromatic ring is 1. The van der Waals surface area contributed by atoms with Crippen LogP contribution in [-0.2, 0) is 55.7 Å². The molecule has 7 rings (SSSR count). The molecular formula is C38H46N8O15P2. The molecule has 338 valence electrons. The van der Waals surface area contributed by atoms with Crippen LogP contribution < -0.4 is 16.8 Å². The first-order valence-electron chi connectivity index (χ1n) is 19.5. The molecule has 4 aliphatic heterocycles. The van der Waals surface area contributed by atoms with Crippen LogP contribution in [0.2, 0.25) is 0 Å². The van der Waals surface area contributed by atoms with Crippen molar-refractivity contribution in [2.45, 2.75) is 107 Å². The third kappa shape index (κ3) is 10.8. The summed E-state index contributed by atoms with van der Waals surface area (Å²) in [5, 5.41) is 10.4. The molecule has 4 saturated heterocycles. The lowest BCUT2D eigenvalue weighted by Gasteiger charge is -2.25. The van der Waals surface area contributed by atoms with Crippen molar-refractivity contribution in [1.82, 2.24) is 24.8 Å². The summed E-state index contributed by atoms with van der Waals surface area (Å²) >= 11 is 0. The lowest BCUT2D eigenvalue weighted by molar-refractivity contribution is -0.199. The predicted molar refractivity (Wildman–Crippen MR) is 217 cm³/mol. The van der Waals surface area contributed by atoms with Gasteiger partial charge in [-0.15, -0.1) is 12.3 Å². The van der Waals surface area contributed by atoms with Crippen molar-refractivity contribution in [3.8, 4) is 24.2 Å². The van der Waals surface area contributed by atoms with Crippen LogP contribution in [0.15, 0.2) is 30.6 Å². The molecule has 6 heterocycles. The molecule has 1 aromatic carbocycles. The van der Waals surface area contributed by atoms with Gasteiger partial charge in [0.25, 0.3) is 0 Å². The molecular weight excluding hydrogens is 870 g/mol. The Morgan fingerprint density at radius 1 is 0.984 bits per heavy atom. The average molecular weight is 917 g/mol. The van der Waals surface area contributed by atoms with E-state index in [1.165, 1.54) is 23.0 Å². The van der Waals surface area contributed by atoms with Crippen molar-refractivity contribution in [2.24, 2.45) is 5.73 Å². The Morgan fingerprint density at radius 2 is 1.62 bits per heavy atom. The van der Waals surface area contributed by atoms with Gasteiger partial charge in [0.1, 0.15) is 48.2 Å². The number of phosphoric acid groups is 2. The van der Waals surface area contributed by atoms with Gasteiger partial charge in [0.15, 0.2) is 29.3 Å². The Kier molecular flexibility index (Phi) is 13.3. The molecule has 3 aromatic rings. The van der Waals surface area contributed by atoms with E-state index in [2.05, 4.69) is 42.3 Å². The largest absolute Gasteiger partial charge is 0.481 e. The van der Waals surface area contributed by atoms with E-state index in [0.29, 0.717) is 18.4 Å². The van der Waals surface area contributed by atoms with E-state index in [-0.39, 0.29) is 47.0 Å². The van der Waals surface area contributed by atoms with Crippen LogP contribution in [0.3, 0.4) is 0 Å². The number of rotatable bonds is 16. The Labute approximate surface area is 360 Å². The van der Waals surface area contributed by atoms with E-state index < -0.39 is 101 Å². The number of fused-ring (bicyclic) bond motifs is 3. The normalized spacial score (nSPS) is 28.5. The van der Waals surface area contributed by atoms with Crippen molar-refractivity contribution in [2.75, 3.05) is 25.5 Å². The zero-order valence-electron chi connectivity index (χ0n) is 34.4. The molecule has 0 bridgehead atoms. The second-order valence-corrected chi connectivity index (χ2v) is 18.8. The number of nitrogens with two attached hydrogens (primary N) is 2. The zero-order valence-corrected chi connectivity index (χ0v) is 36.2. The van der Waals surface area contributed by atoms with E-state index >= 15 is 0 Å². The van der Waals surface area contributed by atoms with Gasteiger partial charge in [0, 0.05) is 17.7 Å². The smallest absolute Gasteiger partial charge is 0.382 e. The topological polar surface area (TPSA) is 323 Å². The molecule has 0 spiro atoms. The highest BCUT2D eigenvalue weighted by molar-refractivity contribution is 7.61. The van der Waals surface area contributed by atoms with E-state index in [1.807, 2.05) is 0 Å². The van der Waals surface area contributed by atoms with Crippen molar-refractivity contribution in [3.05, 3.63) is 47.5 Å². The lowest BCUT2D eigenvalue weighted by atomic mass is 10.00. The Bertz CT molecular complexity index is 2480. The highest BCUT2D eigenvalue weighted by atomic mass is 31.3. The molecule has 23 nitrogen and oxygen atoms in total. The molecule has 0 aliphatic carbocycles. The number of ether oxygens (including phenoxy) is 6. The summed E-state index contributed by atoms with van der Waals surface area (Å²) in [7, 11) is -10.7. The molecule has 6 unspecified atom stereocenters. The van der Waals surface area contributed by atoms with Crippen LogP contribution >= 0.6 is 15.6 Å². The van der Waals surface area contributed by atoms with Gasteiger partial charge in [0.05, 0.1) is 32.5 Å². The van der Waals surface area contributed by atoms with Gasteiger partial charge in [-0.1, -0.05) is 18.1 Å². The second-order valence-electron chi connectivity index (χ2n) is 15.7. The highest BCUT2D eigenvalue weighted by Gasteiger charge is 2.58. The molecule has 2 aromatic heterocycles. The van der Waals surface area contributed by atoms with Gasteiger partial charge in [-0.05, 0) is 57.7 Å². The van der Waals surface area contributed by atoms with Gasteiger partial charge in [-0.2, -0.15) is 4.31 Å².